The van der Waals surface area contributed by atoms with E-state index in [9.17, 15) is 0 Å². The van der Waals surface area contributed by atoms with Gasteiger partial charge >= 0.3 is 0 Å². The van der Waals surface area contributed by atoms with Crippen LogP contribution < -0.4 is 0 Å². The summed E-state index contributed by atoms with van der Waals surface area (Å²) in [7, 11) is 0. The molecule has 20 heavy (non-hydrogen) atoms. The largest absolute Gasteiger partial charge is 0.0654 e. The fourth-order valence-corrected chi connectivity index (χ4v) is 3.36. The summed E-state index contributed by atoms with van der Waals surface area (Å²) in [4.78, 5) is 0. The van der Waals surface area contributed by atoms with Crippen LogP contribution in [0.1, 0.15) is 87.8 Å². The molecule has 0 aliphatic heterocycles. The summed E-state index contributed by atoms with van der Waals surface area (Å²) >= 11 is 0. The molecule has 2 rings (SSSR count). The molecule has 0 heteroatoms. The Kier molecular flexibility index (Phi) is 7.19. The summed E-state index contributed by atoms with van der Waals surface area (Å²) in [5, 5.41) is 0. The molecule has 1 aliphatic carbocycles. The quantitative estimate of drug-likeness (QED) is 0.418. The lowest BCUT2D eigenvalue weighted by molar-refractivity contribution is 0.555. The van der Waals surface area contributed by atoms with Gasteiger partial charge in [-0.05, 0) is 42.4 Å². The number of unbranched alkanes of at least 4 members (excludes halogenated alkanes) is 9. The van der Waals surface area contributed by atoms with Gasteiger partial charge < -0.3 is 0 Å². The molecule has 1 aromatic carbocycles. The maximum Gasteiger partial charge on any atom is -0.0233 e. The minimum absolute atomic E-state index is 1.32. The number of hydrogen-bond acceptors (Lipinski definition) is 0. The normalized spacial score (nSPS) is 13.1. The van der Waals surface area contributed by atoms with Crippen molar-refractivity contribution >= 4 is 0 Å². The summed E-state index contributed by atoms with van der Waals surface area (Å²) in [6.45, 7) is 2.29. The van der Waals surface area contributed by atoms with Crippen LogP contribution in [0.15, 0.2) is 18.2 Å². The number of benzene rings is 1. The molecule has 0 atom stereocenters. The molecule has 0 saturated carbocycles. The maximum atomic E-state index is 2.35. The molecule has 0 N–H and O–H groups in total. The predicted octanol–water partition coefficient (Wildman–Crippen LogP) is 6.25. The van der Waals surface area contributed by atoms with Crippen molar-refractivity contribution in [2.75, 3.05) is 0 Å². The second-order valence-corrected chi connectivity index (χ2v) is 6.49. The van der Waals surface area contributed by atoms with Gasteiger partial charge in [0, 0.05) is 0 Å². The fraction of sp³-hybridized carbons (Fsp3) is 0.700. The van der Waals surface area contributed by atoms with Crippen LogP contribution in [0.3, 0.4) is 0 Å². The van der Waals surface area contributed by atoms with Gasteiger partial charge in [-0.15, -0.1) is 0 Å². The number of rotatable bonds is 11. The van der Waals surface area contributed by atoms with Crippen molar-refractivity contribution in [3.8, 4) is 0 Å². The first kappa shape index (κ1) is 15.6. The summed E-state index contributed by atoms with van der Waals surface area (Å²) < 4.78 is 0. The monoisotopic (exact) mass is 272 g/mol. The third-order valence-corrected chi connectivity index (χ3v) is 4.81. The maximum absolute atomic E-state index is 2.35. The van der Waals surface area contributed by atoms with E-state index < -0.39 is 0 Å². The van der Waals surface area contributed by atoms with Crippen molar-refractivity contribution in [3.05, 3.63) is 34.9 Å². The third-order valence-electron chi connectivity index (χ3n) is 4.81. The lowest BCUT2D eigenvalue weighted by Crippen LogP contribution is -2.11. The van der Waals surface area contributed by atoms with Gasteiger partial charge in [-0.3, -0.25) is 0 Å². The van der Waals surface area contributed by atoms with Crippen LogP contribution in [0.4, 0.5) is 0 Å². The molecule has 112 valence electrons. The van der Waals surface area contributed by atoms with Crippen LogP contribution in [0.25, 0.3) is 0 Å². The highest BCUT2D eigenvalue weighted by Gasteiger charge is 2.15. The highest BCUT2D eigenvalue weighted by Crippen LogP contribution is 2.27. The SMILES string of the molecule is CCCCCCCCCCCCc1cccc2c1CC2. The van der Waals surface area contributed by atoms with Crippen LogP contribution in [0.5, 0.6) is 0 Å². The van der Waals surface area contributed by atoms with E-state index >= 15 is 0 Å². The summed E-state index contributed by atoms with van der Waals surface area (Å²) in [6.07, 6.45) is 18.3. The molecule has 0 heterocycles. The Balaban J connectivity index is 1.45. The van der Waals surface area contributed by atoms with Crippen molar-refractivity contribution in [1.29, 1.82) is 0 Å². The second kappa shape index (κ2) is 9.21. The molecule has 0 unspecified atom stereocenters. The van der Waals surface area contributed by atoms with Crippen LogP contribution in [-0.2, 0) is 19.3 Å². The molecule has 0 spiro atoms. The fourth-order valence-electron chi connectivity index (χ4n) is 3.36. The van der Waals surface area contributed by atoms with E-state index in [1.807, 2.05) is 0 Å². The molecule has 0 bridgehead atoms. The Morgan fingerprint density at radius 1 is 0.750 bits per heavy atom. The molecule has 0 aromatic heterocycles. The number of aryl methyl sites for hydroxylation is 2. The summed E-state index contributed by atoms with van der Waals surface area (Å²) in [5.74, 6) is 0. The second-order valence-electron chi connectivity index (χ2n) is 6.49. The molecule has 0 saturated heterocycles. The first-order chi connectivity index (χ1) is 9.92. The minimum Gasteiger partial charge on any atom is -0.0654 e. The van der Waals surface area contributed by atoms with Gasteiger partial charge in [-0.2, -0.15) is 0 Å². The van der Waals surface area contributed by atoms with Gasteiger partial charge in [-0.25, -0.2) is 0 Å². The Morgan fingerprint density at radius 3 is 2.00 bits per heavy atom. The first-order valence-electron chi connectivity index (χ1n) is 9.01. The van der Waals surface area contributed by atoms with E-state index in [-0.39, 0.29) is 0 Å². The zero-order valence-electron chi connectivity index (χ0n) is 13.4. The smallest absolute Gasteiger partial charge is 0.0233 e. The molecule has 1 aliphatic rings. The Hall–Kier alpha value is -0.780. The minimum atomic E-state index is 1.32. The zero-order valence-corrected chi connectivity index (χ0v) is 13.4. The molecule has 0 nitrogen and oxygen atoms in total. The van der Waals surface area contributed by atoms with Crippen molar-refractivity contribution in [1.82, 2.24) is 0 Å². The molecule has 0 radical (unpaired) electrons. The van der Waals surface area contributed by atoms with Gasteiger partial charge in [0.25, 0.3) is 0 Å². The average Bonchev–Trinajstić information content (AvgIpc) is 2.42. The van der Waals surface area contributed by atoms with Gasteiger partial charge in [0.2, 0.25) is 0 Å². The van der Waals surface area contributed by atoms with E-state index in [2.05, 4.69) is 25.1 Å². The van der Waals surface area contributed by atoms with Gasteiger partial charge in [0.15, 0.2) is 0 Å². The van der Waals surface area contributed by atoms with E-state index in [0.717, 1.165) is 0 Å². The topological polar surface area (TPSA) is 0 Å². The third kappa shape index (κ3) is 4.96. The number of hydrogen-bond donors (Lipinski definition) is 0. The van der Waals surface area contributed by atoms with Crippen LogP contribution in [0.2, 0.25) is 0 Å². The Labute approximate surface area is 126 Å². The first-order valence-corrected chi connectivity index (χ1v) is 9.01. The van der Waals surface area contributed by atoms with Gasteiger partial charge in [0.1, 0.15) is 0 Å². The number of fused-ring (bicyclic) bond motifs is 1. The van der Waals surface area contributed by atoms with Crippen molar-refractivity contribution < 1.29 is 0 Å². The molecule has 0 amide bonds. The van der Waals surface area contributed by atoms with Crippen LogP contribution in [0, 0.1) is 0 Å². The van der Waals surface area contributed by atoms with E-state index in [4.69, 9.17) is 0 Å². The average molecular weight is 272 g/mol. The molecule has 0 fully saturated rings. The van der Waals surface area contributed by atoms with Crippen LogP contribution in [-0.4, -0.2) is 0 Å². The van der Waals surface area contributed by atoms with Crippen LogP contribution >= 0.6 is 0 Å². The standard InChI is InChI=1S/C20H32/c1-2-3-4-5-6-7-8-9-10-11-13-18-14-12-15-19-16-17-20(18)19/h12,14-15H,2-11,13,16-17H2,1H3. The molecular formula is C20H32. The van der Waals surface area contributed by atoms with E-state index in [1.54, 1.807) is 16.7 Å². The highest BCUT2D eigenvalue weighted by atomic mass is 14.2. The lowest BCUT2D eigenvalue weighted by atomic mass is 9.83. The summed E-state index contributed by atoms with van der Waals surface area (Å²) in [5.41, 5.74) is 4.95. The Morgan fingerprint density at radius 2 is 1.40 bits per heavy atom. The van der Waals surface area contributed by atoms with E-state index in [1.165, 1.54) is 83.5 Å². The van der Waals surface area contributed by atoms with Gasteiger partial charge in [-0.1, -0.05) is 82.9 Å². The van der Waals surface area contributed by atoms with Crippen molar-refractivity contribution in [2.45, 2.75) is 90.4 Å². The van der Waals surface area contributed by atoms with E-state index in [0.29, 0.717) is 0 Å². The predicted molar refractivity (Wildman–Crippen MR) is 89.4 cm³/mol. The molecule has 1 aromatic rings. The van der Waals surface area contributed by atoms with Crippen molar-refractivity contribution in [2.24, 2.45) is 0 Å². The van der Waals surface area contributed by atoms with Crippen molar-refractivity contribution in [3.63, 3.8) is 0 Å². The highest BCUT2D eigenvalue weighted by molar-refractivity contribution is 5.41. The Bertz CT molecular complexity index is 378. The zero-order chi connectivity index (χ0) is 14.0. The molecular weight excluding hydrogens is 240 g/mol. The lowest BCUT2D eigenvalue weighted by Gasteiger charge is -2.22. The van der Waals surface area contributed by atoms with Gasteiger partial charge in [0.05, 0.1) is 0 Å². The summed E-state index contributed by atoms with van der Waals surface area (Å²) in [6, 6.07) is 6.91.